The van der Waals surface area contributed by atoms with Crippen molar-refractivity contribution in [2.24, 2.45) is 7.05 Å². The number of nitrogens with one attached hydrogen (secondary N) is 1. The maximum Gasteiger partial charge on any atom is 0.180 e. The van der Waals surface area contributed by atoms with Crippen molar-refractivity contribution in [2.45, 2.75) is 6.92 Å². The van der Waals surface area contributed by atoms with Crippen LogP contribution in [-0.2, 0) is 7.05 Å². The number of rotatable bonds is 3. The van der Waals surface area contributed by atoms with Crippen LogP contribution >= 0.6 is 11.5 Å². The van der Waals surface area contributed by atoms with Crippen molar-refractivity contribution < 1.29 is 0 Å². The van der Waals surface area contributed by atoms with Gasteiger partial charge in [-0.05, 0) is 23.9 Å². The minimum atomic E-state index is 0.637. The van der Waals surface area contributed by atoms with Crippen LogP contribution < -0.4 is 10.8 Å². The Morgan fingerprint density at radius 2 is 2.13 bits per heavy atom. The van der Waals surface area contributed by atoms with Crippen LogP contribution in [0.1, 0.15) is 5.69 Å². The van der Waals surface area contributed by atoms with Crippen molar-refractivity contribution in [1.82, 2.24) is 28.5 Å². The lowest BCUT2D eigenvalue weighted by Gasteiger charge is -2.06. The number of aryl methyl sites for hydroxylation is 2. The lowest BCUT2D eigenvalue weighted by molar-refractivity contribution is 0.768. The topological polar surface area (TPSA) is 72.9 Å². The van der Waals surface area contributed by atoms with E-state index in [-0.39, 0.29) is 0 Å². The fourth-order valence-electron chi connectivity index (χ4n) is 2.35. The molecular formula is C14H12BN7S. The number of imidazole rings is 1. The number of nitrogens with zero attached hydrogens (tertiary/aromatic N) is 6. The van der Waals surface area contributed by atoms with Crippen LogP contribution in [0.4, 0.5) is 10.8 Å². The Morgan fingerprint density at radius 1 is 1.26 bits per heavy atom. The highest BCUT2D eigenvalue weighted by atomic mass is 32.1. The lowest BCUT2D eigenvalue weighted by Crippen LogP contribution is -2.09. The van der Waals surface area contributed by atoms with E-state index in [0.717, 1.165) is 27.6 Å². The Hall–Kier alpha value is -2.68. The van der Waals surface area contributed by atoms with Crippen molar-refractivity contribution in [3.8, 4) is 11.3 Å². The first-order chi connectivity index (χ1) is 11.1. The maximum absolute atomic E-state index is 6.01. The zero-order chi connectivity index (χ0) is 16.0. The van der Waals surface area contributed by atoms with Gasteiger partial charge in [-0.15, -0.1) is 0 Å². The third-order valence-corrected chi connectivity index (χ3v) is 4.44. The summed E-state index contributed by atoms with van der Waals surface area (Å²) in [6, 6.07) is 0. The monoisotopic (exact) mass is 321 g/mol. The molecule has 0 aliphatic carbocycles. The molecule has 23 heavy (non-hydrogen) atoms. The molecule has 4 rings (SSSR count). The minimum Gasteiger partial charge on any atom is -0.328 e. The Morgan fingerprint density at radius 3 is 2.83 bits per heavy atom. The Bertz CT molecular complexity index is 1000. The third kappa shape index (κ3) is 2.29. The molecule has 0 saturated heterocycles. The zero-order valence-electron chi connectivity index (χ0n) is 12.6. The van der Waals surface area contributed by atoms with Gasteiger partial charge >= 0.3 is 0 Å². The summed E-state index contributed by atoms with van der Waals surface area (Å²) in [5, 5.41) is 8.20. The van der Waals surface area contributed by atoms with E-state index in [1.54, 1.807) is 17.1 Å². The SMILES string of the molecule is [B]c1c(C)nsc1Nc1nccn2c(-c3cnn(C)c3)cnc12. The molecule has 0 saturated carbocycles. The molecule has 0 bridgehead atoms. The van der Waals surface area contributed by atoms with Crippen LogP contribution in [0.3, 0.4) is 0 Å². The first-order valence-corrected chi connectivity index (χ1v) is 7.70. The second-order valence-electron chi connectivity index (χ2n) is 5.15. The number of hydrogen-bond acceptors (Lipinski definition) is 6. The molecule has 0 aromatic carbocycles. The van der Waals surface area contributed by atoms with Crippen molar-refractivity contribution in [2.75, 3.05) is 5.32 Å². The van der Waals surface area contributed by atoms with E-state index >= 15 is 0 Å². The van der Waals surface area contributed by atoms with Gasteiger partial charge in [-0.3, -0.25) is 9.08 Å². The Kier molecular flexibility index (Phi) is 3.15. The van der Waals surface area contributed by atoms with Crippen molar-refractivity contribution in [3.63, 3.8) is 0 Å². The van der Waals surface area contributed by atoms with Gasteiger partial charge < -0.3 is 5.32 Å². The number of hydrogen-bond donors (Lipinski definition) is 1. The van der Waals surface area contributed by atoms with Gasteiger partial charge in [-0.25, -0.2) is 9.97 Å². The highest BCUT2D eigenvalue weighted by molar-refractivity contribution is 7.11. The van der Waals surface area contributed by atoms with Gasteiger partial charge in [0.25, 0.3) is 0 Å². The van der Waals surface area contributed by atoms with Gasteiger partial charge in [0, 0.05) is 36.9 Å². The Labute approximate surface area is 137 Å². The predicted molar refractivity (Wildman–Crippen MR) is 90.7 cm³/mol. The molecule has 4 aromatic heterocycles. The lowest BCUT2D eigenvalue weighted by atomic mass is 9.97. The summed E-state index contributed by atoms with van der Waals surface area (Å²) in [5.41, 5.74) is 4.11. The fourth-order valence-corrected chi connectivity index (χ4v) is 3.06. The molecule has 0 fully saturated rings. The second-order valence-corrected chi connectivity index (χ2v) is 5.92. The maximum atomic E-state index is 6.01. The van der Waals surface area contributed by atoms with Gasteiger partial charge in [0.2, 0.25) is 0 Å². The molecule has 112 valence electrons. The van der Waals surface area contributed by atoms with Crippen LogP contribution in [0, 0.1) is 6.92 Å². The van der Waals surface area contributed by atoms with Crippen LogP contribution in [0.25, 0.3) is 16.9 Å². The average Bonchev–Trinajstić information content (AvgIpc) is 3.23. The van der Waals surface area contributed by atoms with Gasteiger partial charge in [0.1, 0.15) is 12.8 Å². The molecule has 0 unspecified atom stereocenters. The minimum absolute atomic E-state index is 0.637. The molecule has 0 aliphatic rings. The molecule has 0 aliphatic heterocycles. The molecule has 4 heterocycles. The highest BCUT2D eigenvalue weighted by Crippen LogP contribution is 2.25. The average molecular weight is 321 g/mol. The summed E-state index contributed by atoms with van der Waals surface area (Å²) in [4.78, 5) is 8.85. The van der Waals surface area contributed by atoms with Crippen LogP contribution in [0.5, 0.6) is 0 Å². The van der Waals surface area contributed by atoms with Gasteiger partial charge in [0.15, 0.2) is 11.5 Å². The van der Waals surface area contributed by atoms with E-state index in [1.165, 1.54) is 11.5 Å². The molecule has 0 spiro atoms. The van der Waals surface area contributed by atoms with E-state index in [9.17, 15) is 0 Å². The van der Waals surface area contributed by atoms with Crippen LogP contribution in [0.2, 0.25) is 0 Å². The third-order valence-electron chi connectivity index (χ3n) is 3.57. The fraction of sp³-hybridized carbons (Fsp3) is 0.143. The number of anilines is 2. The normalized spacial score (nSPS) is 11.2. The molecule has 1 N–H and O–H groups in total. The summed E-state index contributed by atoms with van der Waals surface area (Å²) in [7, 11) is 7.90. The molecule has 9 heteroatoms. The van der Waals surface area contributed by atoms with Gasteiger partial charge in [-0.1, -0.05) is 0 Å². The van der Waals surface area contributed by atoms with Crippen molar-refractivity contribution in [1.29, 1.82) is 0 Å². The predicted octanol–water partition coefficient (Wildman–Crippen LogP) is 1.43. The summed E-state index contributed by atoms with van der Waals surface area (Å²) in [6.45, 7) is 1.88. The summed E-state index contributed by atoms with van der Waals surface area (Å²) < 4.78 is 7.96. The van der Waals surface area contributed by atoms with Gasteiger partial charge in [0.05, 0.1) is 18.1 Å². The second kappa shape index (κ2) is 5.20. The molecule has 4 aromatic rings. The first-order valence-electron chi connectivity index (χ1n) is 6.93. The molecule has 7 nitrogen and oxygen atoms in total. The van der Waals surface area contributed by atoms with Crippen LogP contribution in [0.15, 0.2) is 31.0 Å². The smallest absolute Gasteiger partial charge is 0.180 e. The van der Waals surface area contributed by atoms with E-state index in [0.29, 0.717) is 11.3 Å². The van der Waals surface area contributed by atoms with Crippen molar-refractivity contribution >= 4 is 41.3 Å². The highest BCUT2D eigenvalue weighted by Gasteiger charge is 2.13. The van der Waals surface area contributed by atoms with E-state index in [4.69, 9.17) is 7.85 Å². The summed E-state index contributed by atoms with van der Waals surface area (Å²) >= 11 is 1.31. The zero-order valence-corrected chi connectivity index (χ0v) is 13.4. The first kappa shape index (κ1) is 14.0. The standard InChI is InChI=1S/C14H12BN7S/c1-8-11(15)14(23-20-8)19-12-13-17-6-10(22(13)4-3-16-12)9-5-18-21(2)7-9/h3-7H,1-2H3,(H,16,19). The number of fused-ring (bicyclic) bond motifs is 1. The molecule has 2 radical (unpaired) electrons. The quantitative estimate of drug-likeness (QED) is 0.578. The van der Waals surface area contributed by atoms with E-state index in [1.807, 2.05) is 37.0 Å². The van der Waals surface area contributed by atoms with Crippen LogP contribution in [-0.4, -0.2) is 36.4 Å². The summed E-state index contributed by atoms with van der Waals surface area (Å²) in [5.74, 6) is 0.637. The molecule has 0 atom stereocenters. The van der Waals surface area contributed by atoms with E-state index < -0.39 is 0 Å². The van der Waals surface area contributed by atoms with Crippen molar-refractivity contribution in [3.05, 3.63) is 36.7 Å². The summed E-state index contributed by atoms with van der Waals surface area (Å²) in [6.07, 6.45) is 9.15. The van der Waals surface area contributed by atoms with E-state index in [2.05, 4.69) is 24.8 Å². The Balaban J connectivity index is 1.80. The largest absolute Gasteiger partial charge is 0.328 e. The van der Waals surface area contributed by atoms with Gasteiger partial charge in [-0.2, -0.15) is 9.47 Å². The molecule has 0 amide bonds. The number of aromatic nitrogens is 6. The molecular weight excluding hydrogens is 309 g/mol.